The molecule has 2 aromatic carbocycles. The number of carbonyl (C=O) groups is 1. The Labute approximate surface area is 117 Å². The Morgan fingerprint density at radius 2 is 2.05 bits per heavy atom. The van der Waals surface area contributed by atoms with E-state index >= 15 is 0 Å². The van der Waals surface area contributed by atoms with Gasteiger partial charge < -0.3 is 10.1 Å². The SMILES string of the molecule is COCc1cccc(C(=O)Nc2ccc(C)c(F)c2)c1. The van der Waals surface area contributed by atoms with Crippen molar-refractivity contribution in [2.75, 3.05) is 12.4 Å². The molecule has 4 heteroatoms. The van der Waals surface area contributed by atoms with Crippen LogP contribution in [0, 0.1) is 12.7 Å². The molecule has 0 heterocycles. The molecular formula is C16H16FNO2. The van der Waals surface area contributed by atoms with Crippen molar-refractivity contribution in [3.63, 3.8) is 0 Å². The van der Waals surface area contributed by atoms with Crippen LogP contribution < -0.4 is 5.32 Å². The quantitative estimate of drug-likeness (QED) is 0.925. The molecule has 0 saturated heterocycles. The number of nitrogens with one attached hydrogen (secondary N) is 1. The molecule has 2 rings (SSSR count). The van der Waals surface area contributed by atoms with Gasteiger partial charge in [0.1, 0.15) is 5.82 Å². The maximum absolute atomic E-state index is 13.4. The standard InChI is InChI=1S/C16H16FNO2/c1-11-6-7-14(9-15(11)17)18-16(19)13-5-3-4-12(8-13)10-20-2/h3-9H,10H2,1-2H3,(H,18,19). The smallest absolute Gasteiger partial charge is 0.255 e. The molecule has 20 heavy (non-hydrogen) atoms. The Bertz CT molecular complexity index is 626. The van der Waals surface area contributed by atoms with Crippen molar-refractivity contribution in [3.8, 4) is 0 Å². The number of benzene rings is 2. The van der Waals surface area contributed by atoms with E-state index in [1.54, 1.807) is 44.4 Å². The summed E-state index contributed by atoms with van der Waals surface area (Å²) >= 11 is 0. The number of ether oxygens (including phenoxy) is 1. The van der Waals surface area contributed by atoms with Gasteiger partial charge in [0.05, 0.1) is 6.61 Å². The summed E-state index contributed by atoms with van der Waals surface area (Å²) in [6.07, 6.45) is 0. The highest BCUT2D eigenvalue weighted by molar-refractivity contribution is 6.04. The second-order valence-corrected chi connectivity index (χ2v) is 4.55. The summed E-state index contributed by atoms with van der Waals surface area (Å²) in [5.74, 6) is -0.609. The van der Waals surface area contributed by atoms with Crippen LogP contribution in [0.15, 0.2) is 42.5 Å². The van der Waals surface area contributed by atoms with Crippen LogP contribution in [0.5, 0.6) is 0 Å². The minimum absolute atomic E-state index is 0.272. The van der Waals surface area contributed by atoms with Crippen LogP contribution in [0.1, 0.15) is 21.5 Å². The summed E-state index contributed by atoms with van der Waals surface area (Å²) in [4.78, 5) is 12.1. The topological polar surface area (TPSA) is 38.3 Å². The molecule has 0 unspecified atom stereocenters. The highest BCUT2D eigenvalue weighted by atomic mass is 19.1. The normalized spacial score (nSPS) is 10.3. The zero-order valence-corrected chi connectivity index (χ0v) is 11.4. The van der Waals surface area contributed by atoms with Crippen molar-refractivity contribution in [2.45, 2.75) is 13.5 Å². The van der Waals surface area contributed by atoms with Gasteiger partial charge in [0.25, 0.3) is 5.91 Å². The molecule has 0 aliphatic heterocycles. The first-order chi connectivity index (χ1) is 9.60. The summed E-state index contributed by atoms with van der Waals surface area (Å²) < 4.78 is 18.5. The molecule has 0 aromatic heterocycles. The van der Waals surface area contributed by atoms with Crippen LogP contribution in [-0.2, 0) is 11.3 Å². The van der Waals surface area contributed by atoms with Gasteiger partial charge in [-0.25, -0.2) is 4.39 Å². The summed E-state index contributed by atoms with van der Waals surface area (Å²) in [5, 5.41) is 2.68. The van der Waals surface area contributed by atoms with Crippen LogP contribution in [0.25, 0.3) is 0 Å². The number of anilines is 1. The lowest BCUT2D eigenvalue weighted by atomic mass is 10.1. The molecular weight excluding hydrogens is 257 g/mol. The highest BCUT2D eigenvalue weighted by Gasteiger charge is 2.08. The molecule has 0 spiro atoms. The zero-order valence-electron chi connectivity index (χ0n) is 11.4. The molecule has 1 N–H and O–H groups in total. The van der Waals surface area contributed by atoms with Crippen molar-refractivity contribution < 1.29 is 13.9 Å². The number of amides is 1. The predicted octanol–water partition coefficient (Wildman–Crippen LogP) is 3.53. The van der Waals surface area contributed by atoms with E-state index in [0.29, 0.717) is 23.4 Å². The van der Waals surface area contributed by atoms with Gasteiger partial charge in [-0.15, -0.1) is 0 Å². The van der Waals surface area contributed by atoms with Gasteiger partial charge in [-0.1, -0.05) is 18.2 Å². The lowest BCUT2D eigenvalue weighted by Crippen LogP contribution is -2.12. The highest BCUT2D eigenvalue weighted by Crippen LogP contribution is 2.15. The van der Waals surface area contributed by atoms with Crippen LogP contribution in [0.3, 0.4) is 0 Å². The molecule has 2 aromatic rings. The van der Waals surface area contributed by atoms with Gasteiger partial charge in [-0.2, -0.15) is 0 Å². The van der Waals surface area contributed by atoms with E-state index in [1.807, 2.05) is 6.07 Å². The zero-order chi connectivity index (χ0) is 14.5. The second kappa shape index (κ2) is 6.30. The summed E-state index contributed by atoms with van der Waals surface area (Å²) in [6.45, 7) is 2.12. The van der Waals surface area contributed by atoms with Gasteiger partial charge in [0.2, 0.25) is 0 Å². The minimum Gasteiger partial charge on any atom is -0.380 e. The molecule has 0 radical (unpaired) electrons. The fourth-order valence-corrected chi connectivity index (χ4v) is 1.84. The molecule has 0 bridgehead atoms. The third-order valence-corrected chi connectivity index (χ3v) is 2.93. The first kappa shape index (κ1) is 14.2. The summed E-state index contributed by atoms with van der Waals surface area (Å²) in [5.41, 5.74) is 2.41. The lowest BCUT2D eigenvalue weighted by Gasteiger charge is -2.07. The van der Waals surface area contributed by atoms with Gasteiger partial charge in [0, 0.05) is 18.4 Å². The number of hydrogen-bond donors (Lipinski definition) is 1. The van der Waals surface area contributed by atoms with Crippen molar-refractivity contribution in [1.82, 2.24) is 0 Å². The first-order valence-electron chi connectivity index (χ1n) is 6.25. The Balaban J connectivity index is 2.15. The monoisotopic (exact) mass is 273 g/mol. The Kier molecular flexibility index (Phi) is 4.48. The number of carbonyl (C=O) groups excluding carboxylic acids is 1. The molecule has 0 fully saturated rings. The van der Waals surface area contributed by atoms with Crippen LogP contribution in [0.2, 0.25) is 0 Å². The van der Waals surface area contributed by atoms with E-state index in [1.165, 1.54) is 6.07 Å². The molecule has 0 aliphatic carbocycles. The number of rotatable bonds is 4. The molecule has 0 saturated carbocycles. The van der Waals surface area contributed by atoms with Gasteiger partial charge >= 0.3 is 0 Å². The van der Waals surface area contributed by atoms with E-state index in [9.17, 15) is 9.18 Å². The molecule has 0 aliphatic rings. The van der Waals surface area contributed by atoms with Crippen LogP contribution in [-0.4, -0.2) is 13.0 Å². The van der Waals surface area contributed by atoms with Gasteiger partial charge in [0.15, 0.2) is 0 Å². The van der Waals surface area contributed by atoms with Crippen LogP contribution >= 0.6 is 0 Å². The molecule has 3 nitrogen and oxygen atoms in total. The number of hydrogen-bond acceptors (Lipinski definition) is 2. The van der Waals surface area contributed by atoms with Crippen molar-refractivity contribution >= 4 is 11.6 Å². The fourth-order valence-electron chi connectivity index (χ4n) is 1.84. The van der Waals surface area contributed by atoms with Crippen LogP contribution in [0.4, 0.5) is 10.1 Å². The fraction of sp³-hybridized carbons (Fsp3) is 0.188. The van der Waals surface area contributed by atoms with Gasteiger partial charge in [-0.05, 0) is 42.3 Å². The maximum Gasteiger partial charge on any atom is 0.255 e. The Morgan fingerprint density at radius 3 is 2.75 bits per heavy atom. The minimum atomic E-state index is -0.337. The van der Waals surface area contributed by atoms with Crippen molar-refractivity contribution in [2.24, 2.45) is 0 Å². The third kappa shape index (κ3) is 3.42. The molecule has 104 valence electrons. The number of halogens is 1. The van der Waals surface area contributed by atoms with Crippen molar-refractivity contribution in [1.29, 1.82) is 0 Å². The Morgan fingerprint density at radius 1 is 1.25 bits per heavy atom. The number of aryl methyl sites for hydroxylation is 1. The third-order valence-electron chi connectivity index (χ3n) is 2.93. The maximum atomic E-state index is 13.4. The van der Waals surface area contributed by atoms with E-state index in [0.717, 1.165) is 5.56 Å². The largest absolute Gasteiger partial charge is 0.380 e. The Hall–Kier alpha value is -2.20. The van der Waals surface area contributed by atoms with E-state index in [2.05, 4.69) is 5.32 Å². The molecule has 1 amide bonds. The lowest BCUT2D eigenvalue weighted by molar-refractivity contribution is 0.102. The van der Waals surface area contributed by atoms with E-state index in [-0.39, 0.29) is 11.7 Å². The predicted molar refractivity (Wildman–Crippen MR) is 76.2 cm³/mol. The number of methoxy groups -OCH3 is 1. The average molecular weight is 273 g/mol. The summed E-state index contributed by atoms with van der Waals surface area (Å²) in [7, 11) is 1.60. The molecule has 0 atom stereocenters. The van der Waals surface area contributed by atoms with Gasteiger partial charge in [-0.3, -0.25) is 4.79 Å². The second-order valence-electron chi connectivity index (χ2n) is 4.55. The average Bonchev–Trinajstić information content (AvgIpc) is 2.43. The first-order valence-corrected chi connectivity index (χ1v) is 6.25. The van der Waals surface area contributed by atoms with E-state index in [4.69, 9.17) is 4.74 Å². The summed E-state index contributed by atoms with van der Waals surface area (Å²) in [6, 6.07) is 11.8. The van der Waals surface area contributed by atoms with E-state index < -0.39 is 0 Å². The van der Waals surface area contributed by atoms with Crippen molar-refractivity contribution in [3.05, 3.63) is 65.0 Å².